The van der Waals surface area contributed by atoms with Gasteiger partial charge in [-0.3, -0.25) is 14.9 Å². The molecular weight excluding hydrogens is 352 g/mol. The Hall–Kier alpha value is -3.42. The molecule has 0 saturated heterocycles. The van der Waals surface area contributed by atoms with Gasteiger partial charge in [0.15, 0.2) is 6.10 Å². The lowest BCUT2D eigenvalue weighted by Crippen LogP contribution is -2.37. The van der Waals surface area contributed by atoms with Crippen molar-refractivity contribution in [3.8, 4) is 5.75 Å². The minimum atomic E-state index is -1.06. The molecule has 0 unspecified atom stereocenters. The van der Waals surface area contributed by atoms with E-state index in [1.165, 1.54) is 31.1 Å². The second kappa shape index (κ2) is 8.79. The van der Waals surface area contributed by atoms with Gasteiger partial charge in [0.2, 0.25) is 0 Å². The summed E-state index contributed by atoms with van der Waals surface area (Å²) in [6.07, 6.45) is -1.06. The molecular formula is C19H20N2O6. The molecule has 27 heavy (non-hydrogen) atoms. The molecule has 0 aliphatic carbocycles. The van der Waals surface area contributed by atoms with Gasteiger partial charge in [-0.1, -0.05) is 30.3 Å². The molecule has 0 heterocycles. The van der Waals surface area contributed by atoms with E-state index in [0.29, 0.717) is 6.54 Å². The van der Waals surface area contributed by atoms with Crippen molar-refractivity contribution >= 4 is 17.6 Å². The molecule has 0 N–H and O–H groups in total. The Bertz CT molecular complexity index is 837. The molecule has 0 radical (unpaired) electrons. The molecule has 142 valence electrons. The summed E-state index contributed by atoms with van der Waals surface area (Å²) in [5.41, 5.74) is 0.548. The van der Waals surface area contributed by atoms with Crippen molar-refractivity contribution < 1.29 is 24.0 Å². The fourth-order valence-corrected chi connectivity index (χ4v) is 2.49. The second-order valence-corrected chi connectivity index (χ2v) is 5.87. The number of non-ortho nitro benzene ring substituents is 1. The summed E-state index contributed by atoms with van der Waals surface area (Å²) in [5, 5.41) is 10.9. The molecule has 0 spiro atoms. The zero-order valence-electron chi connectivity index (χ0n) is 15.2. The van der Waals surface area contributed by atoms with Crippen LogP contribution in [0.25, 0.3) is 0 Å². The van der Waals surface area contributed by atoms with Gasteiger partial charge < -0.3 is 14.4 Å². The summed E-state index contributed by atoms with van der Waals surface area (Å²) in [7, 11) is 2.94. The Morgan fingerprint density at radius 2 is 1.85 bits per heavy atom. The number of carbonyl (C=O) groups excluding carboxylic acids is 2. The number of rotatable bonds is 7. The topological polar surface area (TPSA) is 99.0 Å². The van der Waals surface area contributed by atoms with Gasteiger partial charge in [-0.05, 0) is 18.6 Å². The first-order chi connectivity index (χ1) is 12.8. The molecule has 1 atom stereocenters. The zero-order valence-corrected chi connectivity index (χ0v) is 15.2. The van der Waals surface area contributed by atoms with Gasteiger partial charge in [0.05, 0.1) is 12.0 Å². The van der Waals surface area contributed by atoms with Crippen molar-refractivity contribution in [2.45, 2.75) is 19.6 Å². The molecule has 8 nitrogen and oxygen atoms in total. The third-order valence-electron chi connectivity index (χ3n) is 3.88. The van der Waals surface area contributed by atoms with Crippen LogP contribution < -0.4 is 4.74 Å². The fraction of sp³-hybridized carbons (Fsp3) is 0.263. The maximum absolute atomic E-state index is 12.5. The lowest BCUT2D eigenvalue weighted by atomic mass is 10.1. The normalized spacial score (nSPS) is 11.4. The van der Waals surface area contributed by atoms with Gasteiger partial charge in [-0.2, -0.15) is 0 Å². The average molecular weight is 372 g/mol. The van der Waals surface area contributed by atoms with E-state index in [9.17, 15) is 19.7 Å². The fourth-order valence-electron chi connectivity index (χ4n) is 2.49. The summed E-state index contributed by atoms with van der Waals surface area (Å²) in [6.45, 7) is 1.81. The van der Waals surface area contributed by atoms with Gasteiger partial charge in [-0.25, -0.2) is 4.79 Å². The van der Waals surface area contributed by atoms with Gasteiger partial charge in [0.1, 0.15) is 11.3 Å². The Balaban J connectivity index is 2.09. The molecule has 8 heteroatoms. The standard InChI is InChI=1S/C19H20N2O6/c1-13(18(22)20(2)12-14-7-5-4-6-8-14)27-19(23)16-11-15(21(24)25)9-10-17(16)26-3/h4-11,13H,12H2,1-3H3/t13-/m1/s1. The number of carbonyl (C=O) groups is 2. The van der Waals surface area contributed by atoms with Crippen LogP contribution in [0.5, 0.6) is 5.75 Å². The van der Waals surface area contributed by atoms with Crippen LogP contribution in [0, 0.1) is 10.1 Å². The van der Waals surface area contributed by atoms with Crippen LogP contribution in [-0.2, 0) is 16.1 Å². The van der Waals surface area contributed by atoms with E-state index in [1.54, 1.807) is 7.05 Å². The maximum Gasteiger partial charge on any atom is 0.342 e. The number of likely N-dealkylation sites (N-methyl/N-ethyl adjacent to an activating group) is 1. The molecule has 2 rings (SSSR count). The predicted octanol–water partition coefficient (Wildman–Crippen LogP) is 2.81. The van der Waals surface area contributed by atoms with E-state index in [-0.39, 0.29) is 17.0 Å². The molecule has 2 aromatic rings. The van der Waals surface area contributed by atoms with Crippen molar-refractivity contribution in [1.82, 2.24) is 4.90 Å². The smallest absolute Gasteiger partial charge is 0.342 e. The number of hydrogen-bond donors (Lipinski definition) is 0. The Kier molecular flexibility index (Phi) is 6.48. The predicted molar refractivity (Wildman–Crippen MR) is 97.4 cm³/mol. The zero-order chi connectivity index (χ0) is 20.0. The van der Waals surface area contributed by atoms with Crippen molar-refractivity contribution in [1.29, 1.82) is 0 Å². The van der Waals surface area contributed by atoms with Gasteiger partial charge in [0, 0.05) is 25.7 Å². The highest BCUT2D eigenvalue weighted by molar-refractivity contribution is 5.95. The van der Waals surface area contributed by atoms with Crippen LogP contribution in [0.4, 0.5) is 5.69 Å². The highest BCUT2D eigenvalue weighted by Gasteiger charge is 2.25. The van der Waals surface area contributed by atoms with Crippen molar-refractivity contribution in [3.63, 3.8) is 0 Å². The first-order valence-electron chi connectivity index (χ1n) is 8.15. The number of nitro groups is 1. The van der Waals surface area contributed by atoms with Crippen molar-refractivity contribution in [2.24, 2.45) is 0 Å². The molecule has 0 aliphatic heterocycles. The SMILES string of the molecule is COc1ccc([N+](=O)[O-])cc1C(=O)O[C@H](C)C(=O)N(C)Cc1ccccc1. The van der Waals surface area contributed by atoms with E-state index in [1.807, 2.05) is 30.3 Å². The molecule has 0 fully saturated rings. The maximum atomic E-state index is 12.5. The Morgan fingerprint density at radius 1 is 1.19 bits per heavy atom. The third-order valence-corrected chi connectivity index (χ3v) is 3.88. The number of benzene rings is 2. The first-order valence-corrected chi connectivity index (χ1v) is 8.15. The van der Waals surface area contributed by atoms with Gasteiger partial charge in [-0.15, -0.1) is 0 Å². The number of esters is 1. The van der Waals surface area contributed by atoms with E-state index in [2.05, 4.69) is 0 Å². The minimum absolute atomic E-state index is 0.114. The summed E-state index contributed by atoms with van der Waals surface area (Å²) < 4.78 is 10.3. The minimum Gasteiger partial charge on any atom is -0.496 e. The largest absolute Gasteiger partial charge is 0.496 e. The molecule has 1 amide bonds. The Labute approximate surface area is 156 Å². The third kappa shape index (κ3) is 5.04. The van der Waals surface area contributed by atoms with E-state index in [4.69, 9.17) is 9.47 Å². The number of amides is 1. The van der Waals surface area contributed by atoms with Crippen LogP contribution in [0.2, 0.25) is 0 Å². The van der Waals surface area contributed by atoms with Gasteiger partial charge >= 0.3 is 5.97 Å². The average Bonchev–Trinajstić information content (AvgIpc) is 2.67. The molecule has 0 aliphatic rings. The van der Waals surface area contributed by atoms with Crippen LogP contribution in [-0.4, -0.2) is 42.0 Å². The lowest BCUT2D eigenvalue weighted by molar-refractivity contribution is -0.384. The highest BCUT2D eigenvalue weighted by atomic mass is 16.6. The number of hydrogen-bond acceptors (Lipinski definition) is 6. The van der Waals surface area contributed by atoms with Crippen molar-refractivity contribution in [3.05, 3.63) is 69.8 Å². The first kappa shape index (κ1) is 19.9. The highest BCUT2D eigenvalue weighted by Crippen LogP contribution is 2.25. The lowest BCUT2D eigenvalue weighted by Gasteiger charge is -2.21. The number of nitrogens with zero attached hydrogens (tertiary/aromatic N) is 2. The molecule has 0 saturated carbocycles. The van der Waals surface area contributed by atoms with Crippen molar-refractivity contribution in [2.75, 3.05) is 14.2 Å². The molecule has 0 aromatic heterocycles. The quantitative estimate of drug-likeness (QED) is 0.421. The molecule has 2 aromatic carbocycles. The second-order valence-electron chi connectivity index (χ2n) is 5.87. The number of ether oxygens (including phenoxy) is 2. The van der Waals surface area contributed by atoms with E-state index in [0.717, 1.165) is 11.6 Å². The van der Waals surface area contributed by atoms with E-state index >= 15 is 0 Å². The summed E-state index contributed by atoms with van der Waals surface area (Å²) >= 11 is 0. The summed E-state index contributed by atoms with van der Waals surface area (Å²) in [5.74, 6) is -1.14. The Morgan fingerprint density at radius 3 is 2.44 bits per heavy atom. The summed E-state index contributed by atoms with van der Waals surface area (Å²) in [4.78, 5) is 36.6. The monoisotopic (exact) mass is 372 g/mol. The summed E-state index contributed by atoms with van der Waals surface area (Å²) in [6, 6.07) is 13.0. The van der Waals surface area contributed by atoms with Crippen LogP contribution in [0.1, 0.15) is 22.8 Å². The van der Waals surface area contributed by atoms with E-state index < -0.39 is 22.9 Å². The molecule has 0 bridgehead atoms. The number of methoxy groups -OCH3 is 1. The van der Waals surface area contributed by atoms with Gasteiger partial charge in [0.25, 0.3) is 11.6 Å². The van der Waals surface area contributed by atoms with Crippen LogP contribution in [0.15, 0.2) is 48.5 Å². The van der Waals surface area contributed by atoms with Crippen LogP contribution >= 0.6 is 0 Å². The number of nitro benzene ring substituents is 1. The van der Waals surface area contributed by atoms with Crippen LogP contribution in [0.3, 0.4) is 0 Å².